The summed E-state index contributed by atoms with van der Waals surface area (Å²) >= 11 is 1.39. The zero-order valence-electron chi connectivity index (χ0n) is 21.7. The standard InChI is InChI=1S/C29H25N3O8S/c1-17(33)38-24-23(40-28(35)19-11-6-3-7-12-19)21(16-37-27(34)18-9-4-2-5-10-18)39-26(24)32-15-20(22-13-8-14-41-22)25(30)31-29(32)36/h2-15,21,23-24,26H,16H2,1H3,(H2,30,31,36)/t21-,23-,24-,26-/m1/s1. The number of nitrogens with two attached hydrogens (primary N) is 1. The maximum atomic E-state index is 13.1. The Morgan fingerprint density at radius 1 is 0.927 bits per heavy atom. The van der Waals surface area contributed by atoms with E-state index >= 15 is 0 Å². The van der Waals surface area contributed by atoms with Gasteiger partial charge in [-0.15, -0.1) is 11.3 Å². The van der Waals surface area contributed by atoms with E-state index in [-0.39, 0.29) is 18.0 Å². The van der Waals surface area contributed by atoms with Crippen molar-refractivity contribution in [3.63, 3.8) is 0 Å². The Morgan fingerprint density at radius 3 is 2.20 bits per heavy atom. The van der Waals surface area contributed by atoms with Crippen molar-refractivity contribution in [3.05, 3.63) is 106 Å². The molecule has 0 amide bonds. The van der Waals surface area contributed by atoms with E-state index in [2.05, 4.69) is 4.98 Å². The van der Waals surface area contributed by atoms with Gasteiger partial charge in [-0.3, -0.25) is 9.36 Å². The molecular formula is C29H25N3O8S. The minimum atomic E-state index is -1.29. The van der Waals surface area contributed by atoms with Gasteiger partial charge in [0.2, 0.25) is 0 Å². The van der Waals surface area contributed by atoms with Crippen LogP contribution in [-0.4, -0.2) is 52.4 Å². The molecule has 0 spiro atoms. The molecule has 0 aliphatic carbocycles. The molecule has 4 atom stereocenters. The van der Waals surface area contributed by atoms with Gasteiger partial charge in [-0.1, -0.05) is 42.5 Å². The molecule has 1 fully saturated rings. The summed E-state index contributed by atoms with van der Waals surface area (Å²) in [7, 11) is 0. The second kappa shape index (κ2) is 12.1. The smallest absolute Gasteiger partial charge is 0.351 e. The lowest BCUT2D eigenvalue weighted by molar-refractivity contribution is -0.156. The molecule has 11 nitrogen and oxygen atoms in total. The highest BCUT2D eigenvalue weighted by molar-refractivity contribution is 7.13. The summed E-state index contributed by atoms with van der Waals surface area (Å²) in [6.45, 7) is 0.806. The van der Waals surface area contributed by atoms with Crippen LogP contribution in [0.25, 0.3) is 10.4 Å². The summed E-state index contributed by atoms with van der Waals surface area (Å²) in [5.41, 5.74) is 6.27. The second-order valence-electron chi connectivity index (χ2n) is 9.05. The fourth-order valence-corrected chi connectivity index (χ4v) is 5.14. The van der Waals surface area contributed by atoms with Crippen LogP contribution >= 0.6 is 11.3 Å². The number of aromatic nitrogens is 2. The van der Waals surface area contributed by atoms with Crippen molar-refractivity contribution in [3.8, 4) is 10.4 Å². The number of anilines is 1. The van der Waals surface area contributed by atoms with Crippen molar-refractivity contribution in [2.45, 2.75) is 31.5 Å². The number of hydrogen-bond donors (Lipinski definition) is 1. The Bertz CT molecular complexity index is 1590. The molecule has 0 bridgehead atoms. The molecule has 2 N–H and O–H groups in total. The van der Waals surface area contributed by atoms with Crippen molar-refractivity contribution in [1.29, 1.82) is 0 Å². The van der Waals surface area contributed by atoms with Gasteiger partial charge in [0.15, 0.2) is 18.4 Å². The normalized spacial score (nSPS) is 19.8. The molecule has 1 saturated heterocycles. The number of ether oxygens (including phenoxy) is 4. The first-order chi connectivity index (χ1) is 19.8. The Balaban J connectivity index is 1.51. The van der Waals surface area contributed by atoms with E-state index in [4.69, 9.17) is 24.7 Å². The van der Waals surface area contributed by atoms with Gasteiger partial charge in [-0.25, -0.2) is 14.4 Å². The van der Waals surface area contributed by atoms with Gasteiger partial charge >= 0.3 is 23.6 Å². The fraction of sp³-hybridized carbons (Fsp3) is 0.207. The number of esters is 3. The molecule has 1 aliphatic rings. The van der Waals surface area contributed by atoms with E-state index in [9.17, 15) is 19.2 Å². The average Bonchev–Trinajstić information content (AvgIpc) is 3.62. The zero-order chi connectivity index (χ0) is 28.9. The summed E-state index contributed by atoms with van der Waals surface area (Å²) in [6.07, 6.45) is -3.49. The number of carbonyl (C=O) groups is 3. The van der Waals surface area contributed by atoms with E-state index in [1.165, 1.54) is 24.5 Å². The lowest BCUT2D eigenvalue weighted by Crippen LogP contribution is -2.42. The minimum absolute atomic E-state index is 0.0103. The van der Waals surface area contributed by atoms with Gasteiger partial charge in [0, 0.05) is 18.0 Å². The number of nitrogens with zero attached hydrogens (tertiary/aromatic N) is 2. The fourth-order valence-electron chi connectivity index (χ4n) is 4.39. The Morgan fingerprint density at radius 2 is 1.59 bits per heavy atom. The summed E-state index contributed by atoms with van der Waals surface area (Å²) in [4.78, 5) is 55.7. The van der Waals surface area contributed by atoms with Crippen molar-refractivity contribution < 1.29 is 33.3 Å². The van der Waals surface area contributed by atoms with Crippen LogP contribution < -0.4 is 11.4 Å². The lowest BCUT2D eigenvalue weighted by Gasteiger charge is -2.24. The third-order valence-electron chi connectivity index (χ3n) is 6.27. The largest absolute Gasteiger partial charge is 0.459 e. The van der Waals surface area contributed by atoms with Crippen LogP contribution in [0.3, 0.4) is 0 Å². The predicted molar refractivity (Wildman–Crippen MR) is 148 cm³/mol. The highest BCUT2D eigenvalue weighted by Crippen LogP contribution is 2.36. The number of rotatable bonds is 8. The van der Waals surface area contributed by atoms with E-state index in [1.54, 1.807) is 60.7 Å². The van der Waals surface area contributed by atoms with Crippen LogP contribution in [0.4, 0.5) is 5.82 Å². The molecule has 3 heterocycles. The molecule has 2 aromatic carbocycles. The number of hydrogen-bond acceptors (Lipinski definition) is 11. The highest BCUT2D eigenvalue weighted by atomic mass is 32.1. The minimum Gasteiger partial charge on any atom is -0.459 e. The van der Waals surface area contributed by atoms with E-state index in [1.807, 2.05) is 17.5 Å². The molecular weight excluding hydrogens is 550 g/mol. The van der Waals surface area contributed by atoms with E-state index in [0.29, 0.717) is 11.1 Å². The van der Waals surface area contributed by atoms with Crippen molar-refractivity contribution >= 4 is 35.1 Å². The Labute approximate surface area is 238 Å². The summed E-state index contributed by atoms with van der Waals surface area (Å²) in [5.74, 6) is -2.06. The van der Waals surface area contributed by atoms with Crippen LogP contribution in [0.5, 0.6) is 0 Å². The topological polar surface area (TPSA) is 149 Å². The lowest BCUT2D eigenvalue weighted by atomic mass is 10.1. The summed E-state index contributed by atoms with van der Waals surface area (Å²) in [5, 5.41) is 1.84. The predicted octanol–water partition coefficient (Wildman–Crippen LogP) is 3.47. The number of carbonyl (C=O) groups excluding carboxylic acids is 3. The molecule has 0 unspecified atom stereocenters. The van der Waals surface area contributed by atoms with E-state index < -0.39 is 48.1 Å². The first kappa shape index (κ1) is 27.7. The molecule has 41 heavy (non-hydrogen) atoms. The maximum Gasteiger partial charge on any atom is 0.351 e. The molecule has 2 aromatic heterocycles. The van der Waals surface area contributed by atoms with Gasteiger partial charge < -0.3 is 24.7 Å². The molecule has 1 aliphatic heterocycles. The molecule has 0 radical (unpaired) electrons. The molecule has 12 heteroatoms. The third kappa shape index (κ3) is 6.18. The van der Waals surface area contributed by atoms with Crippen molar-refractivity contribution in [1.82, 2.24) is 9.55 Å². The molecule has 4 aromatic rings. The van der Waals surface area contributed by atoms with E-state index in [0.717, 1.165) is 9.44 Å². The van der Waals surface area contributed by atoms with Crippen molar-refractivity contribution in [2.24, 2.45) is 0 Å². The van der Waals surface area contributed by atoms with Crippen LogP contribution in [0.1, 0.15) is 33.9 Å². The first-order valence-corrected chi connectivity index (χ1v) is 13.4. The van der Waals surface area contributed by atoms with Crippen LogP contribution in [0.15, 0.2) is 89.2 Å². The highest BCUT2D eigenvalue weighted by Gasteiger charge is 2.51. The van der Waals surface area contributed by atoms with Crippen LogP contribution in [0.2, 0.25) is 0 Å². The number of benzene rings is 2. The Hall–Kier alpha value is -4.81. The van der Waals surface area contributed by atoms with Crippen molar-refractivity contribution in [2.75, 3.05) is 12.3 Å². The third-order valence-corrected chi connectivity index (χ3v) is 7.17. The number of thiophene rings is 1. The average molecular weight is 576 g/mol. The first-order valence-electron chi connectivity index (χ1n) is 12.5. The van der Waals surface area contributed by atoms with Gasteiger partial charge in [0.1, 0.15) is 18.5 Å². The second-order valence-corrected chi connectivity index (χ2v) is 9.99. The zero-order valence-corrected chi connectivity index (χ0v) is 22.6. The summed E-state index contributed by atoms with van der Waals surface area (Å²) < 4.78 is 24.1. The maximum absolute atomic E-state index is 13.1. The van der Waals surface area contributed by atoms with Crippen LogP contribution in [0, 0.1) is 0 Å². The molecule has 210 valence electrons. The van der Waals surface area contributed by atoms with Gasteiger partial charge in [0.05, 0.1) is 16.7 Å². The monoisotopic (exact) mass is 575 g/mol. The SMILES string of the molecule is CC(=O)O[C@@H]1[C@H](OC(=O)c2ccccc2)[C@@H](COC(=O)c2ccccc2)O[C@H]1n1cc(-c2cccs2)c(N)nc1=O. The molecule has 0 saturated carbocycles. The molecule has 5 rings (SSSR count). The quantitative estimate of drug-likeness (QED) is 0.244. The van der Waals surface area contributed by atoms with Gasteiger partial charge in [-0.2, -0.15) is 4.98 Å². The van der Waals surface area contributed by atoms with Crippen LogP contribution in [-0.2, 0) is 23.7 Å². The van der Waals surface area contributed by atoms with Gasteiger partial charge in [-0.05, 0) is 35.7 Å². The number of nitrogen functional groups attached to an aromatic ring is 1. The summed E-state index contributed by atoms with van der Waals surface area (Å²) in [6, 6.07) is 20.1. The Kier molecular flexibility index (Phi) is 8.22. The van der Waals surface area contributed by atoms with Gasteiger partial charge in [0.25, 0.3) is 0 Å².